The van der Waals surface area contributed by atoms with Gasteiger partial charge in [0.15, 0.2) is 0 Å². The monoisotopic (exact) mass is 331 g/mol. The number of carbonyl (C=O) groups excluding carboxylic acids is 1. The molecule has 0 spiro atoms. The first kappa shape index (κ1) is 14.8. The minimum Gasteiger partial charge on any atom is -0.420 e. The van der Waals surface area contributed by atoms with Crippen molar-refractivity contribution in [2.45, 2.75) is 11.3 Å². The third-order valence-electron chi connectivity index (χ3n) is 2.90. The zero-order chi connectivity index (χ0) is 15.4. The van der Waals surface area contributed by atoms with E-state index in [2.05, 4.69) is 15.5 Å². The zero-order valence-electron chi connectivity index (χ0n) is 11.8. The Hall–Kier alpha value is -2.12. The molecule has 0 fully saturated rings. The topological polar surface area (TPSA) is 68.0 Å². The van der Waals surface area contributed by atoms with Crippen LogP contribution < -0.4 is 5.32 Å². The van der Waals surface area contributed by atoms with Crippen molar-refractivity contribution in [3.05, 3.63) is 47.0 Å². The van der Waals surface area contributed by atoms with Crippen molar-refractivity contribution in [2.24, 2.45) is 0 Å². The number of carbonyl (C=O) groups is 1. The summed E-state index contributed by atoms with van der Waals surface area (Å²) in [5, 5.41) is 14.6. The van der Waals surface area contributed by atoms with Crippen LogP contribution >= 0.6 is 23.1 Å². The molecule has 1 aromatic carbocycles. The van der Waals surface area contributed by atoms with Gasteiger partial charge < -0.3 is 9.73 Å². The first-order valence-electron chi connectivity index (χ1n) is 6.53. The lowest BCUT2D eigenvalue weighted by molar-refractivity contribution is -0.115. The smallest absolute Gasteiger partial charge is 0.248 e. The Morgan fingerprint density at radius 3 is 3.05 bits per heavy atom. The molecular weight excluding hydrogens is 318 g/mol. The molecule has 0 radical (unpaired) electrons. The van der Waals surface area contributed by atoms with Crippen molar-refractivity contribution in [2.75, 3.05) is 11.6 Å². The van der Waals surface area contributed by atoms with Crippen LogP contribution in [0.5, 0.6) is 0 Å². The summed E-state index contributed by atoms with van der Waals surface area (Å²) in [5.41, 5.74) is 1.63. The number of amides is 1. The number of anilines is 1. The zero-order valence-corrected chi connectivity index (χ0v) is 13.4. The van der Waals surface area contributed by atoms with Crippen LogP contribution in [0.2, 0.25) is 0 Å². The minimum absolute atomic E-state index is 0.0562. The van der Waals surface area contributed by atoms with Crippen molar-refractivity contribution >= 4 is 34.7 Å². The molecule has 3 rings (SSSR count). The van der Waals surface area contributed by atoms with E-state index < -0.39 is 0 Å². The standard InChI is InChI=1S/C15H13N3O2S2/c1-21-12-4-2-3-11(7-12)16-13(19)8-14-17-18-15(20-14)10-5-6-22-9-10/h2-7,9H,8H2,1H3,(H,16,19). The number of thioether (sulfide) groups is 1. The number of hydrogen-bond donors (Lipinski definition) is 1. The minimum atomic E-state index is -0.182. The van der Waals surface area contributed by atoms with Gasteiger partial charge in [-0.1, -0.05) is 6.07 Å². The van der Waals surface area contributed by atoms with E-state index in [0.29, 0.717) is 11.8 Å². The van der Waals surface area contributed by atoms with E-state index in [1.807, 2.05) is 47.3 Å². The summed E-state index contributed by atoms with van der Waals surface area (Å²) in [6, 6.07) is 9.57. The summed E-state index contributed by atoms with van der Waals surface area (Å²) < 4.78 is 5.50. The fourth-order valence-corrected chi connectivity index (χ4v) is 2.96. The summed E-state index contributed by atoms with van der Waals surface area (Å²) in [7, 11) is 0. The van der Waals surface area contributed by atoms with Gasteiger partial charge in [0.1, 0.15) is 6.42 Å². The maximum atomic E-state index is 12.0. The van der Waals surface area contributed by atoms with Crippen LogP contribution in [0.4, 0.5) is 5.69 Å². The third-order valence-corrected chi connectivity index (χ3v) is 4.31. The lowest BCUT2D eigenvalue weighted by atomic mass is 10.3. The highest BCUT2D eigenvalue weighted by atomic mass is 32.2. The molecule has 0 bridgehead atoms. The SMILES string of the molecule is CSc1cccc(NC(=O)Cc2nnc(-c3ccsc3)o2)c1. The Bertz CT molecular complexity index is 769. The van der Waals surface area contributed by atoms with Crippen LogP contribution in [0.15, 0.2) is 50.4 Å². The lowest BCUT2D eigenvalue weighted by Crippen LogP contribution is -2.14. The molecule has 2 heterocycles. The number of rotatable bonds is 5. The summed E-state index contributed by atoms with van der Waals surface area (Å²) in [6.07, 6.45) is 2.05. The Kier molecular flexibility index (Phi) is 4.55. The van der Waals surface area contributed by atoms with Gasteiger partial charge in [0.25, 0.3) is 0 Å². The fraction of sp³-hybridized carbons (Fsp3) is 0.133. The predicted molar refractivity (Wildman–Crippen MR) is 88.2 cm³/mol. The molecule has 5 nitrogen and oxygen atoms in total. The van der Waals surface area contributed by atoms with Gasteiger partial charge in [0, 0.05) is 21.5 Å². The van der Waals surface area contributed by atoms with E-state index in [9.17, 15) is 4.79 Å². The molecule has 0 aliphatic heterocycles. The van der Waals surface area contributed by atoms with Crippen LogP contribution in [0.3, 0.4) is 0 Å². The summed E-state index contributed by atoms with van der Waals surface area (Å²) in [4.78, 5) is 13.1. The number of hydrogen-bond acceptors (Lipinski definition) is 6. The first-order chi connectivity index (χ1) is 10.7. The molecule has 0 aliphatic rings. The molecule has 0 aliphatic carbocycles. The van der Waals surface area contributed by atoms with Crippen molar-refractivity contribution in [1.29, 1.82) is 0 Å². The van der Waals surface area contributed by atoms with E-state index in [1.54, 1.807) is 23.1 Å². The fourth-order valence-electron chi connectivity index (χ4n) is 1.87. The van der Waals surface area contributed by atoms with Crippen LogP contribution in [0.1, 0.15) is 5.89 Å². The van der Waals surface area contributed by atoms with Crippen molar-refractivity contribution < 1.29 is 9.21 Å². The van der Waals surface area contributed by atoms with Gasteiger partial charge in [0.2, 0.25) is 17.7 Å². The molecule has 0 atom stereocenters. The molecule has 7 heteroatoms. The number of benzene rings is 1. The van der Waals surface area contributed by atoms with Crippen LogP contribution in [0, 0.1) is 0 Å². The predicted octanol–water partition coefficient (Wildman–Crippen LogP) is 3.70. The molecule has 3 aromatic rings. The maximum absolute atomic E-state index is 12.0. The maximum Gasteiger partial charge on any atom is 0.248 e. The van der Waals surface area contributed by atoms with Gasteiger partial charge in [-0.25, -0.2) is 0 Å². The van der Waals surface area contributed by atoms with Crippen molar-refractivity contribution in [1.82, 2.24) is 10.2 Å². The van der Waals surface area contributed by atoms with E-state index in [1.165, 1.54) is 0 Å². The number of thiophene rings is 1. The van der Waals surface area contributed by atoms with Crippen LogP contribution in [-0.4, -0.2) is 22.4 Å². The van der Waals surface area contributed by atoms with E-state index in [4.69, 9.17) is 4.42 Å². The molecule has 1 amide bonds. The molecular formula is C15H13N3O2S2. The molecule has 2 aromatic heterocycles. The first-order valence-corrected chi connectivity index (χ1v) is 8.70. The highest BCUT2D eigenvalue weighted by Gasteiger charge is 2.13. The Morgan fingerprint density at radius 1 is 1.36 bits per heavy atom. The molecule has 0 unspecified atom stereocenters. The molecule has 0 saturated heterocycles. The Balaban J connectivity index is 1.64. The van der Waals surface area contributed by atoms with Crippen molar-refractivity contribution in [3.63, 3.8) is 0 Å². The second kappa shape index (κ2) is 6.76. The number of aromatic nitrogens is 2. The summed E-state index contributed by atoms with van der Waals surface area (Å²) in [5.74, 6) is 0.562. The molecule has 0 saturated carbocycles. The van der Waals surface area contributed by atoms with Gasteiger partial charge in [-0.2, -0.15) is 11.3 Å². The molecule has 22 heavy (non-hydrogen) atoms. The van der Waals surface area contributed by atoms with E-state index in [-0.39, 0.29) is 12.3 Å². The Morgan fingerprint density at radius 2 is 2.27 bits per heavy atom. The summed E-state index contributed by atoms with van der Waals surface area (Å²) in [6.45, 7) is 0. The van der Waals surface area contributed by atoms with Gasteiger partial charge in [0.05, 0.1) is 0 Å². The second-order valence-electron chi connectivity index (χ2n) is 4.47. The second-order valence-corrected chi connectivity index (χ2v) is 6.13. The Labute approximate surface area is 135 Å². The lowest BCUT2D eigenvalue weighted by Gasteiger charge is -2.04. The van der Waals surface area contributed by atoms with Gasteiger partial charge in [-0.3, -0.25) is 4.79 Å². The van der Waals surface area contributed by atoms with Gasteiger partial charge in [-0.05, 0) is 35.9 Å². The van der Waals surface area contributed by atoms with Crippen LogP contribution in [0.25, 0.3) is 11.5 Å². The molecule has 112 valence electrons. The quantitative estimate of drug-likeness (QED) is 0.722. The average Bonchev–Trinajstić information content (AvgIpc) is 3.18. The average molecular weight is 331 g/mol. The number of nitrogens with zero attached hydrogens (tertiary/aromatic N) is 2. The number of nitrogens with one attached hydrogen (secondary N) is 1. The van der Waals surface area contributed by atoms with Gasteiger partial charge in [-0.15, -0.1) is 22.0 Å². The largest absolute Gasteiger partial charge is 0.420 e. The highest BCUT2D eigenvalue weighted by molar-refractivity contribution is 7.98. The normalized spacial score (nSPS) is 10.6. The van der Waals surface area contributed by atoms with Crippen LogP contribution in [-0.2, 0) is 11.2 Å². The van der Waals surface area contributed by atoms with E-state index in [0.717, 1.165) is 16.1 Å². The molecule has 1 N–H and O–H groups in total. The third kappa shape index (κ3) is 3.55. The summed E-state index contributed by atoms with van der Waals surface area (Å²) >= 11 is 3.18. The van der Waals surface area contributed by atoms with E-state index >= 15 is 0 Å². The van der Waals surface area contributed by atoms with Gasteiger partial charge >= 0.3 is 0 Å². The highest BCUT2D eigenvalue weighted by Crippen LogP contribution is 2.21. The van der Waals surface area contributed by atoms with Crippen molar-refractivity contribution in [3.8, 4) is 11.5 Å².